The predicted octanol–water partition coefficient (Wildman–Crippen LogP) is 3.97. The summed E-state index contributed by atoms with van der Waals surface area (Å²) in [5.41, 5.74) is -0.109. The lowest BCUT2D eigenvalue weighted by molar-refractivity contribution is -0.137. The molecule has 0 radical (unpaired) electrons. The van der Waals surface area contributed by atoms with Crippen molar-refractivity contribution in [3.63, 3.8) is 0 Å². The van der Waals surface area contributed by atoms with E-state index in [1.165, 1.54) is 4.68 Å². The highest BCUT2D eigenvalue weighted by atomic mass is 35.5. The lowest BCUT2D eigenvalue weighted by atomic mass is 10.2. The SMILES string of the molecule is Cc1nn(C)c(Cl)c1C(=O)NCCSc1ncc(C(F)(F)F)cc1Cl. The molecule has 2 aromatic heterocycles. The van der Waals surface area contributed by atoms with Gasteiger partial charge < -0.3 is 5.32 Å². The van der Waals surface area contributed by atoms with Crippen LogP contribution in [-0.4, -0.2) is 33.0 Å². The van der Waals surface area contributed by atoms with Crippen molar-refractivity contribution < 1.29 is 18.0 Å². The van der Waals surface area contributed by atoms with E-state index in [9.17, 15) is 18.0 Å². The number of nitrogens with one attached hydrogen (secondary N) is 1. The highest BCUT2D eigenvalue weighted by molar-refractivity contribution is 7.99. The molecule has 0 aliphatic heterocycles. The quantitative estimate of drug-likeness (QED) is 0.596. The van der Waals surface area contributed by atoms with Gasteiger partial charge in [0.2, 0.25) is 0 Å². The average Bonchev–Trinajstić information content (AvgIpc) is 2.76. The number of aromatic nitrogens is 3. The Bertz CT molecular complexity index is 795. The molecule has 2 aromatic rings. The van der Waals surface area contributed by atoms with Crippen LogP contribution in [0.5, 0.6) is 0 Å². The van der Waals surface area contributed by atoms with Crippen molar-refractivity contribution in [3.8, 4) is 0 Å². The van der Waals surface area contributed by atoms with Gasteiger partial charge in [0.05, 0.1) is 21.8 Å². The Morgan fingerprint density at radius 1 is 1.40 bits per heavy atom. The number of amides is 1. The molecule has 0 spiro atoms. The summed E-state index contributed by atoms with van der Waals surface area (Å²) in [7, 11) is 1.63. The molecule has 0 aliphatic carbocycles. The topological polar surface area (TPSA) is 59.8 Å². The van der Waals surface area contributed by atoms with Crippen molar-refractivity contribution in [3.05, 3.63) is 39.3 Å². The highest BCUT2D eigenvalue weighted by Crippen LogP contribution is 2.33. The number of hydrogen-bond donors (Lipinski definition) is 1. The van der Waals surface area contributed by atoms with Crippen molar-refractivity contribution in [1.29, 1.82) is 0 Å². The molecule has 136 valence electrons. The molecule has 2 rings (SSSR count). The number of thioether (sulfide) groups is 1. The van der Waals surface area contributed by atoms with Crippen molar-refractivity contribution in [2.45, 2.75) is 18.1 Å². The molecule has 0 atom stereocenters. The fourth-order valence-electron chi connectivity index (χ4n) is 1.98. The van der Waals surface area contributed by atoms with Crippen LogP contribution in [0.1, 0.15) is 21.6 Å². The minimum atomic E-state index is -4.49. The zero-order chi connectivity index (χ0) is 18.8. The van der Waals surface area contributed by atoms with E-state index >= 15 is 0 Å². The summed E-state index contributed by atoms with van der Waals surface area (Å²) >= 11 is 13.0. The van der Waals surface area contributed by atoms with Gasteiger partial charge in [-0.3, -0.25) is 9.48 Å². The number of aryl methyl sites for hydroxylation is 2. The van der Waals surface area contributed by atoms with E-state index in [0.29, 0.717) is 17.0 Å². The van der Waals surface area contributed by atoms with Gasteiger partial charge in [0.15, 0.2) is 0 Å². The fraction of sp³-hybridized carbons (Fsp3) is 0.357. The summed E-state index contributed by atoms with van der Waals surface area (Å²) in [5, 5.41) is 7.13. The molecule has 5 nitrogen and oxygen atoms in total. The van der Waals surface area contributed by atoms with Crippen LogP contribution in [0.3, 0.4) is 0 Å². The van der Waals surface area contributed by atoms with Gasteiger partial charge in [-0.1, -0.05) is 23.2 Å². The molecule has 11 heteroatoms. The van der Waals surface area contributed by atoms with Gasteiger partial charge in [0.25, 0.3) is 5.91 Å². The second-order valence-electron chi connectivity index (χ2n) is 4.99. The summed E-state index contributed by atoms with van der Waals surface area (Å²) in [4.78, 5) is 15.8. The third kappa shape index (κ3) is 4.80. The number of alkyl halides is 3. The van der Waals surface area contributed by atoms with Gasteiger partial charge in [-0.05, 0) is 13.0 Å². The zero-order valence-electron chi connectivity index (χ0n) is 13.1. The first-order valence-electron chi connectivity index (χ1n) is 6.94. The molecule has 0 saturated carbocycles. The van der Waals surface area contributed by atoms with E-state index in [2.05, 4.69) is 15.4 Å². The molecular formula is C14H13Cl2F3N4OS. The number of halogens is 5. The highest BCUT2D eigenvalue weighted by Gasteiger charge is 2.31. The lowest BCUT2D eigenvalue weighted by Crippen LogP contribution is -2.26. The molecular weight excluding hydrogens is 400 g/mol. The van der Waals surface area contributed by atoms with E-state index in [-0.39, 0.29) is 27.7 Å². The normalized spacial score (nSPS) is 11.6. The zero-order valence-corrected chi connectivity index (χ0v) is 15.4. The molecule has 1 N–H and O–H groups in total. The van der Waals surface area contributed by atoms with E-state index in [1.807, 2.05) is 0 Å². The molecule has 25 heavy (non-hydrogen) atoms. The number of hydrogen-bond acceptors (Lipinski definition) is 4. The Hall–Kier alpha value is -1.45. The Kier molecular flexibility index (Phi) is 6.23. The van der Waals surface area contributed by atoms with Gasteiger partial charge in [0.1, 0.15) is 10.2 Å². The first kappa shape index (κ1) is 19.9. The van der Waals surface area contributed by atoms with Crippen LogP contribution in [0.4, 0.5) is 13.2 Å². The number of rotatable bonds is 5. The first-order valence-corrected chi connectivity index (χ1v) is 8.68. The third-order valence-corrected chi connectivity index (χ3v) is 4.98. The first-order chi connectivity index (χ1) is 11.6. The predicted molar refractivity (Wildman–Crippen MR) is 90.3 cm³/mol. The van der Waals surface area contributed by atoms with Crippen LogP contribution >= 0.6 is 35.0 Å². The van der Waals surface area contributed by atoms with Crippen molar-refractivity contribution in [1.82, 2.24) is 20.1 Å². The minimum Gasteiger partial charge on any atom is -0.351 e. The second kappa shape index (κ2) is 7.84. The average molecular weight is 413 g/mol. The van der Waals surface area contributed by atoms with E-state index in [4.69, 9.17) is 23.2 Å². The van der Waals surface area contributed by atoms with Gasteiger partial charge in [-0.15, -0.1) is 11.8 Å². The van der Waals surface area contributed by atoms with Crippen molar-refractivity contribution >= 4 is 40.9 Å². The Balaban J connectivity index is 1.90. The molecule has 1 amide bonds. The largest absolute Gasteiger partial charge is 0.417 e. The minimum absolute atomic E-state index is 0.0858. The van der Waals surface area contributed by atoms with Crippen LogP contribution in [0, 0.1) is 6.92 Å². The van der Waals surface area contributed by atoms with Gasteiger partial charge in [-0.25, -0.2) is 4.98 Å². The molecule has 0 saturated heterocycles. The number of carbonyl (C=O) groups excluding carboxylic acids is 1. The number of pyridine rings is 1. The Morgan fingerprint density at radius 3 is 2.60 bits per heavy atom. The van der Waals surface area contributed by atoms with Gasteiger partial charge >= 0.3 is 6.18 Å². The monoisotopic (exact) mass is 412 g/mol. The van der Waals surface area contributed by atoms with Crippen LogP contribution in [-0.2, 0) is 13.2 Å². The smallest absolute Gasteiger partial charge is 0.351 e. The summed E-state index contributed by atoms with van der Waals surface area (Å²) < 4.78 is 39.1. The summed E-state index contributed by atoms with van der Waals surface area (Å²) in [6.07, 6.45) is -3.76. The number of nitrogens with zero attached hydrogens (tertiary/aromatic N) is 3. The molecule has 0 fully saturated rings. The summed E-state index contributed by atoms with van der Waals surface area (Å²) in [6.45, 7) is 1.93. The molecule has 2 heterocycles. The lowest BCUT2D eigenvalue weighted by Gasteiger charge is -2.09. The Morgan fingerprint density at radius 2 is 2.08 bits per heavy atom. The van der Waals surface area contributed by atoms with Crippen molar-refractivity contribution in [2.75, 3.05) is 12.3 Å². The van der Waals surface area contributed by atoms with Gasteiger partial charge in [-0.2, -0.15) is 18.3 Å². The maximum absolute atomic E-state index is 12.6. The van der Waals surface area contributed by atoms with Crippen LogP contribution in [0.2, 0.25) is 10.2 Å². The molecule has 0 bridgehead atoms. The molecule has 0 unspecified atom stereocenters. The Labute approximate surface area is 155 Å². The molecule has 0 aromatic carbocycles. The van der Waals surface area contributed by atoms with Gasteiger partial charge in [0, 0.05) is 25.5 Å². The van der Waals surface area contributed by atoms with E-state index < -0.39 is 11.7 Å². The van der Waals surface area contributed by atoms with Crippen molar-refractivity contribution in [2.24, 2.45) is 7.05 Å². The van der Waals surface area contributed by atoms with E-state index in [1.54, 1.807) is 14.0 Å². The summed E-state index contributed by atoms with van der Waals surface area (Å²) in [5.74, 6) is 0.00322. The number of carbonyl (C=O) groups is 1. The standard InChI is InChI=1S/C14H13Cl2F3N4OS/c1-7-10(11(16)23(2)22-7)12(24)20-3-4-25-13-9(15)5-8(6-21-13)14(17,18)19/h5-6H,3-4H2,1-2H3,(H,20,24). The van der Waals surface area contributed by atoms with Crippen LogP contribution in [0.15, 0.2) is 17.3 Å². The van der Waals surface area contributed by atoms with Crippen LogP contribution < -0.4 is 5.32 Å². The van der Waals surface area contributed by atoms with Crippen LogP contribution in [0.25, 0.3) is 0 Å². The summed E-state index contributed by atoms with van der Waals surface area (Å²) in [6, 6.07) is 0.828. The molecule has 0 aliphatic rings. The third-order valence-electron chi connectivity index (χ3n) is 3.14. The maximum atomic E-state index is 12.6. The second-order valence-corrected chi connectivity index (χ2v) is 6.84. The van der Waals surface area contributed by atoms with E-state index in [0.717, 1.165) is 24.0 Å². The maximum Gasteiger partial charge on any atom is 0.417 e. The fourth-order valence-corrected chi connectivity index (χ4v) is 3.29.